The van der Waals surface area contributed by atoms with Gasteiger partial charge in [0, 0.05) is 21.9 Å². The van der Waals surface area contributed by atoms with E-state index in [2.05, 4.69) is 51.6 Å². The van der Waals surface area contributed by atoms with Gasteiger partial charge in [-0.25, -0.2) is 0 Å². The molecule has 0 saturated heterocycles. The molecular weight excluding hydrogens is 354 g/mol. The summed E-state index contributed by atoms with van der Waals surface area (Å²) in [6.07, 6.45) is 3.59. The van der Waals surface area contributed by atoms with Gasteiger partial charge >= 0.3 is 0 Å². The third kappa shape index (κ3) is 3.64. The molecule has 1 heterocycles. The van der Waals surface area contributed by atoms with Crippen LogP contribution in [0.3, 0.4) is 0 Å². The van der Waals surface area contributed by atoms with Crippen molar-refractivity contribution in [3.8, 4) is 0 Å². The van der Waals surface area contributed by atoms with Crippen LogP contribution in [0.25, 0.3) is 0 Å². The van der Waals surface area contributed by atoms with Gasteiger partial charge in [0.25, 0.3) is 0 Å². The fourth-order valence-corrected chi connectivity index (χ4v) is 4.03. The average Bonchev–Trinajstić information content (AvgIpc) is 2.80. The van der Waals surface area contributed by atoms with Crippen molar-refractivity contribution < 1.29 is 0 Å². The van der Waals surface area contributed by atoms with Gasteiger partial charge in [0.15, 0.2) is 0 Å². The highest BCUT2D eigenvalue weighted by Gasteiger charge is 2.29. The lowest BCUT2D eigenvalue weighted by atomic mass is 9.76. The van der Waals surface area contributed by atoms with Gasteiger partial charge in [-0.15, -0.1) is 11.3 Å². The average molecular weight is 371 g/mol. The normalized spacial score (nSPS) is 21.7. The summed E-state index contributed by atoms with van der Waals surface area (Å²) >= 11 is 11.1. The van der Waals surface area contributed by atoms with Gasteiger partial charge in [0.05, 0.1) is 4.34 Å². The van der Waals surface area contributed by atoms with E-state index in [4.69, 9.17) is 11.6 Å². The standard InChI is InChI=1S/C16H17BrClNS/c17-13-3-1-11(2-4-13)12-9-14(10-12)19-8-7-15-5-6-16(18)20-15/h1-6,12,14,19H,7-10H2. The molecule has 1 aliphatic rings. The maximum Gasteiger partial charge on any atom is 0.0931 e. The van der Waals surface area contributed by atoms with E-state index in [1.54, 1.807) is 11.3 Å². The summed E-state index contributed by atoms with van der Waals surface area (Å²) in [5.41, 5.74) is 1.47. The molecule has 1 fully saturated rings. The molecule has 106 valence electrons. The topological polar surface area (TPSA) is 12.0 Å². The van der Waals surface area contributed by atoms with Crippen LogP contribution in [0.5, 0.6) is 0 Å². The first-order chi connectivity index (χ1) is 9.70. The SMILES string of the molecule is Clc1ccc(CCNC2CC(c3ccc(Br)cc3)C2)s1. The lowest BCUT2D eigenvalue weighted by Crippen LogP contribution is -2.40. The number of halogens is 2. The largest absolute Gasteiger partial charge is 0.314 e. The Kier molecular flexibility index (Phi) is 4.82. The van der Waals surface area contributed by atoms with E-state index in [1.807, 2.05) is 6.07 Å². The second-order valence-electron chi connectivity index (χ2n) is 5.33. The molecule has 0 atom stereocenters. The first-order valence-corrected chi connectivity index (χ1v) is 8.92. The zero-order valence-electron chi connectivity index (χ0n) is 11.1. The molecule has 0 unspecified atom stereocenters. The molecule has 0 spiro atoms. The minimum absolute atomic E-state index is 0.680. The summed E-state index contributed by atoms with van der Waals surface area (Å²) < 4.78 is 2.05. The number of thiophene rings is 1. The van der Waals surface area contributed by atoms with Gasteiger partial charge in [-0.1, -0.05) is 39.7 Å². The summed E-state index contributed by atoms with van der Waals surface area (Å²) in [7, 11) is 0. The Morgan fingerprint density at radius 3 is 2.55 bits per heavy atom. The van der Waals surface area contributed by atoms with E-state index in [0.717, 1.165) is 27.7 Å². The molecule has 4 heteroatoms. The van der Waals surface area contributed by atoms with Crippen LogP contribution in [-0.4, -0.2) is 12.6 Å². The molecular formula is C16H17BrClNS. The van der Waals surface area contributed by atoms with Crippen molar-refractivity contribution in [2.24, 2.45) is 0 Å². The number of benzene rings is 1. The van der Waals surface area contributed by atoms with E-state index in [1.165, 1.54) is 23.3 Å². The molecule has 3 rings (SSSR count). The molecule has 1 aromatic heterocycles. The van der Waals surface area contributed by atoms with E-state index in [9.17, 15) is 0 Å². The van der Waals surface area contributed by atoms with Gasteiger partial charge in [-0.2, -0.15) is 0 Å². The first kappa shape index (κ1) is 14.6. The predicted octanol–water partition coefficient (Wildman–Crippen LogP) is 5.24. The monoisotopic (exact) mass is 369 g/mol. The molecule has 1 N–H and O–H groups in total. The Morgan fingerprint density at radius 1 is 1.15 bits per heavy atom. The second kappa shape index (κ2) is 6.61. The van der Waals surface area contributed by atoms with E-state index in [-0.39, 0.29) is 0 Å². The van der Waals surface area contributed by atoms with Crippen LogP contribution < -0.4 is 5.32 Å². The molecule has 0 aliphatic heterocycles. The minimum Gasteiger partial charge on any atom is -0.314 e. The highest BCUT2D eigenvalue weighted by molar-refractivity contribution is 9.10. The van der Waals surface area contributed by atoms with Crippen LogP contribution >= 0.6 is 38.9 Å². The van der Waals surface area contributed by atoms with Crippen molar-refractivity contribution >= 4 is 38.9 Å². The summed E-state index contributed by atoms with van der Waals surface area (Å²) in [6, 6.07) is 13.5. The minimum atomic E-state index is 0.680. The molecule has 20 heavy (non-hydrogen) atoms. The highest BCUT2D eigenvalue weighted by atomic mass is 79.9. The maximum absolute atomic E-state index is 5.93. The molecule has 1 saturated carbocycles. The third-order valence-corrected chi connectivity index (χ3v) is 5.73. The van der Waals surface area contributed by atoms with Crippen molar-refractivity contribution in [3.63, 3.8) is 0 Å². The quantitative estimate of drug-likeness (QED) is 0.758. The summed E-state index contributed by atoms with van der Waals surface area (Å²) in [4.78, 5) is 1.37. The van der Waals surface area contributed by atoms with Crippen LogP contribution in [0, 0.1) is 0 Å². The fourth-order valence-electron chi connectivity index (χ4n) is 2.68. The highest BCUT2D eigenvalue weighted by Crippen LogP contribution is 2.37. The summed E-state index contributed by atoms with van der Waals surface area (Å²) in [5.74, 6) is 0.733. The molecule has 0 amide bonds. The van der Waals surface area contributed by atoms with Crippen molar-refractivity contribution in [1.82, 2.24) is 5.32 Å². The third-order valence-electron chi connectivity index (χ3n) is 3.91. The Labute approximate surface area is 137 Å². The Balaban J connectivity index is 1.39. The first-order valence-electron chi connectivity index (χ1n) is 6.94. The molecule has 0 bridgehead atoms. The van der Waals surface area contributed by atoms with E-state index < -0.39 is 0 Å². The Hall–Kier alpha value is -0.350. The van der Waals surface area contributed by atoms with Crippen molar-refractivity contribution in [2.45, 2.75) is 31.2 Å². The van der Waals surface area contributed by atoms with Crippen molar-refractivity contribution in [3.05, 3.63) is 55.6 Å². The fraction of sp³-hybridized carbons (Fsp3) is 0.375. The zero-order chi connectivity index (χ0) is 13.9. The molecule has 1 aromatic carbocycles. The van der Waals surface area contributed by atoms with Gasteiger partial charge < -0.3 is 5.32 Å². The van der Waals surface area contributed by atoms with Crippen LogP contribution in [-0.2, 0) is 6.42 Å². The van der Waals surface area contributed by atoms with Crippen LogP contribution in [0.4, 0.5) is 0 Å². The van der Waals surface area contributed by atoms with Crippen LogP contribution in [0.15, 0.2) is 40.9 Å². The molecule has 0 radical (unpaired) electrons. The van der Waals surface area contributed by atoms with E-state index in [0.29, 0.717) is 6.04 Å². The smallest absolute Gasteiger partial charge is 0.0931 e. The number of rotatable bonds is 5. The van der Waals surface area contributed by atoms with E-state index >= 15 is 0 Å². The van der Waals surface area contributed by atoms with Gasteiger partial charge in [-0.3, -0.25) is 0 Å². The Bertz CT molecular complexity index is 560. The summed E-state index contributed by atoms with van der Waals surface area (Å²) in [6.45, 7) is 1.05. The summed E-state index contributed by atoms with van der Waals surface area (Å²) in [5, 5.41) is 3.64. The number of hydrogen-bond acceptors (Lipinski definition) is 2. The van der Waals surface area contributed by atoms with Crippen LogP contribution in [0.2, 0.25) is 4.34 Å². The molecule has 1 aliphatic carbocycles. The Morgan fingerprint density at radius 2 is 1.90 bits per heavy atom. The lowest BCUT2D eigenvalue weighted by molar-refractivity contribution is 0.293. The number of hydrogen-bond donors (Lipinski definition) is 1. The molecule has 2 aromatic rings. The van der Waals surface area contributed by atoms with Gasteiger partial charge in [0.1, 0.15) is 0 Å². The maximum atomic E-state index is 5.93. The zero-order valence-corrected chi connectivity index (χ0v) is 14.3. The van der Waals surface area contributed by atoms with Gasteiger partial charge in [0.2, 0.25) is 0 Å². The molecule has 1 nitrogen and oxygen atoms in total. The van der Waals surface area contributed by atoms with Crippen molar-refractivity contribution in [1.29, 1.82) is 0 Å². The second-order valence-corrected chi connectivity index (χ2v) is 8.04. The van der Waals surface area contributed by atoms with Crippen molar-refractivity contribution in [2.75, 3.05) is 6.54 Å². The lowest BCUT2D eigenvalue weighted by Gasteiger charge is -2.36. The van der Waals surface area contributed by atoms with Crippen LogP contribution in [0.1, 0.15) is 29.2 Å². The number of nitrogens with one attached hydrogen (secondary N) is 1. The predicted molar refractivity (Wildman–Crippen MR) is 90.9 cm³/mol. The van der Waals surface area contributed by atoms with Gasteiger partial charge in [-0.05, 0) is 55.0 Å².